The molecule has 2 aromatic rings. The molecule has 108 valence electrons. The van der Waals surface area contributed by atoms with Crippen molar-refractivity contribution in [3.63, 3.8) is 0 Å². The molecule has 0 unspecified atom stereocenters. The molecule has 0 atom stereocenters. The number of carboxylic acid groups (broad SMARTS) is 1. The van der Waals surface area contributed by atoms with Crippen LogP contribution in [0.25, 0.3) is 0 Å². The number of thioether (sulfide) groups is 1. The molecule has 0 aliphatic heterocycles. The quantitative estimate of drug-likeness (QED) is 0.597. The van der Waals surface area contributed by atoms with Gasteiger partial charge in [-0.2, -0.15) is 0 Å². The van der Waals surface area contributed by atoms with Crippen LogP contribution in [-0.4, -0.2) is 28.3 Å². The number of nitrogens with one attached hydrogen (secondary N) is 1. The zero-order valence-corrected chi connectivity index (χ0v) is 12.0. The van der Waals surface area contributed by atoms with Crippen LogP contribution in [0.15, 0.2) is 47.4 Å². The molecule has 0 fully saturated rings. The van der Waals surface area contributed by atoms with Crippen molar-refractivity contribution in [2.24, 2.45) is 0 Å². The summed E-state index contributed by atoms with van der Waals surface area (Å²) in [7, 11) is 0. The molecule has 0 radical (unpaired) electrons. The van der Waals surface area contributed by atoms with Crippen molar-refractivity contribution in [3.05, 3.63) is 53.6 Å². The highest BCUT2D eigenvalue weighted by atomic mass is 32.2. The lowest BCUT2D eigenvalue weighted by Gasteiger charge is -2.09. The number of aromatic hydroxyl groups is 1. The number of rotatable bonds is 4. The smallest absolute Gasteiger partial charge is 0.339 e. The summed E-state index contributed by atoms with van der Waals surface area (Å²) in [6.45, 7) is 0. The van der Waals surface area contributed by atoms with Crippen LogP contribution in [0.2, 0.25) is 0 Å². The fourth-order valence-corrected chi connectivity index (χ4v) is 2.16. The number of hydrogen-bond donors (Lipinski definition) is 3. The van der Waals surface area contributed by atoms with Gasteiger partial charge in [0.15, 0.2) is 5.75 Å². The Labute approximate surface area is 125 Å². The Bertz CT molecular complexity index is 683. The van der Waals surface area contributed by atoms with Gasteiger partial charge in [0.05, 0.1) is 5.69 Å². The lowest BCUT2D eigenvalue weighted by atomic mass is 10.1. The van der Waals surface area contributed by atoms with Crippen molar-refractivity contribution in [3.8, 4) is 5.75 Å². The average molecular weight is 303 g/mol. The van der Waals surface area contributed by atoms with Gasteiger partial charge in [0.1, 0.15) is 5.56 Å². The van der Waals surface area contributed by atoms with Crippen LogP contribution in [-0.2, 0) is 0 Å². The zero-order valence-electron chi connectivity index (χ0n) is 11.2. The van der Waals surface area contributed by atoms with E-state index in [1.54, 1.807) is 23.9 Å². The van der Waals surface area contributed by atoms with Crippen LogP contribution in [0.3, 0.4) is 0 Å². The third kappa shape index (κ3) is 3.35. The van der Waals surface area contributed by atoms with Crippen LogP contribution in [0.5, 0.6) is 5.75 Å². The number of carboxylic acids is 1. The molecule has 0 heterocycles. The predicted octanol–water partition coefficient (Wildman–Crippen LogP) is 3.06. The maximum Gasteiger partial charge on any atom is 0.339 e. The van der Waals surface area contributed by atoms with Crippen LogP contribution >= 0.6 is 11.8 Å². The van der Waals surface area contributed by atoms with E-state index in [2.05, 4.69) is 5.32 Å². The Hall–Kier alpha value is -2.47. The predicted molar refractivity (Wildman–Crippen MR) is 81.2 cm³/mol. The SMILES string of the molecule is CSc1ccc(C(=O)Nc2cccc(C(=O)O)c2O)cc1. The summed E-state index contributed by atoms with van der Waals surface area (Å²) < 4.78 is 0. The van der Waals surface area contributed by atoms with Gasteiger partial charge < -0.3 is 15.5 Å². The monoisotopic (exact) mass is 303 g/mol. The normalized spacial score (nSPS) is 10.1. The fourth-order valence-electron chi connectivity index (χ4n) is 1.75. The van der Waals surface area contributed by atoms with E-state index >= 15 is 0 Å². The van der Waals surface area contributed by atoms with Crippen molar-refractivity contribution in [2.75, 3.05) is 11.6 Å². The second-order valence-corrected chi connectivity index (χ2v) is 5.07. The largest absolute Gasteiger partial charge is 0.505 e. The first kappa shape index (κ1) is 14.9. The Morgan fingerprint density at radius 3 is 2.33 bits per heavy atom. The van der Waals surface area contributed by atoms with E-state index in [1.165, 1.54) is 18.2 Å². The summed E-state index contributed by atoms with van der Waals surface area (Å²) in [5.41, 5.74) is 0.229. The number of aromatic carboxylic acids is 1. The number of phenols is 1. The molecular weight excluding hydrogens is 290 g/mol. The lowest BCUT2D eigenvalue weighted by molar-refractivity contribution is 0.0693. The van der Waals surface area contributed by atoms with Gasteiger partial charge in [0.25, 0.3) is 5.91 Å². The minimum Gasteiger partial charge on any atom is -0.505 e. The van der Waals surface area contributed by atoms with Gasteiger partial charge >= 0.3 is 5.97 Å². The number of anilines is 1. The lowest BCUT2D eigenvalue weighted by Crippen LogP contribution is -2.12. The molecule has 0 aromatic heterocycles. The van der Waals surface area contributed by atoms with Gasteiger partial charge in [0.2, 0.25) is 0 Å². The van der Waals surface area contributed by atoms with E-state index in [9.17, 15) is 14.7 Å². The summed E-state index contributed by atoms with van der Waals surface area (Å²) in [5, 5.41) is 21.3. The molecule has 0 saturated heterocycles. The zero-order chi connectivity index (χ0) is 15.4. The molecule has 0 bridgehead atoms. The molecule has 5 nitrogen and oxygen atoms in total. The molecule has 0 saturated carbocycles. The number of hydrogen-bond acceptors (Lipinski definition) is 4. The standard InChI is InChI=1S/C15H13NO4S/c1-21-10-7-5-9(6-8-10)14(18)16-12-4-2-3-11(13(12)17)15(19)20/h2-8,17H,1H3,(H,16,18)(H,19,20). The van der Waals surface area contributed by atoms with Crippen molar-refractivity contribution >= 4 is 29.3 Å². The molecular formula is C15H13NO4S. The van der Waals surface area contributed by atoms with Crippen molar-refractivity contribution < 1.29 is 19.8 Å². The van der Waals surface area contributed by atoms with Crippen molar-refractivity contribution in [2.45, 2.75) is 4.90 Å². The van der Waals surface area contributed by atoms with Crippen LogP contribution in [0.1, 0.15) is 20.7 Å². The number of benzene rings is 2. The average Bonchev–Trinajstić information content (AvgIpc) is 2.49. The summed E-state index contributed by atoms with van der Waals surface area (Å²) in [6, 6.07) is 11.1. The summed E-state index contributed by atoms with van der Waals surface area (Å²) in [6.07, 6.45) is 1.94. The second kappa shape index (κ2) is 6.32. The first-order valence-corrected chi connectivity index (χ1v) is 7.26. The summed E-state index contributed by atoms with van der Waals surface area (Å²) in [4.78, 5) is 24.0. The third-order valence-electron chi connectivity index (χ3n) is 2.87. The Morgan fingerprint density at radius 2 is 1.76 bits per heavy atom. The molecule has 3 N–H and O–H groups in total. The van der Waals surface area contributed by atoms with Gasteiger partial charge in [0, 0.05) is 10.5 Å². The van der Waals surface area contributed by atoms with E-state index < -0.39 is 17.6 Å². The van der Waals surface area contributed by atoms with E-state index in [0.29, 0.717) is 5.56 Å². The first-order valence-electron chi connectivity index (χ1n) is 6.03. The van der Waals surface area contributed by atoms with Crippen molar-refractivity contribution in [1.82, 2.24) is 0 Å². The highest BCUT2D eigenvalue weighted by Gasteiger charge is 2.15. The molecule has 0 aliphatic carbocycles. The maximum absolute atomic E-state index is 12.1. The number of amides is 1. The number of carbonyl (C=O) groups excluding carboxylic acids is 1. The third-order valence-corrected chi connectivity index (χ3v) is 3.61. The fraction of sp³-hybridized carbons (Fsp3) is 0.0667. The van der Waals surface area contributed by atoms with Crippen LogP contribution in [0, 0.1) is 0 Å². The van der Waals surface area contributed by atoms with Crippen molar-refractivity contribution in [1.29, 1.82) is 0 Å². The number of para-hydroxylation sites is 1. The Morgan fingerprint density at radius 1 is 1.10 bits per heavy atom. The van der Waals surface area contributed by atoms with Gasteiger partial charge in [-0.1, -0.05) is 6.07 Å². The molecule has 6 heteroatoms. The molecule has 1 amide bonds. The van der Waals surface area contributed by atoms with Gasteiger partial charge in [-0.05, 0) is 42.7 Å². The van der Waals surface area contributed by atoms with E-state index in [4.69, 9.17) is 5.11 Å². The van der Waals surface area contributed by atoms with Crippen LogP contribution < -0.4 is 5.32 Å². The molecule has 2 aromatic carbocycles. The van der Waals surface area contributed by atoms with E-state index in [0.717, 1.165) is 4.90 Å². The summed E-state index contributed by atoms with van der Waals surface area (Å²) in [5.74, 6) is -2.13. The summed E-state index contributed by atoms with van der Waals surface area (Å²) >= 11 is 1.56. The molecule has 2 rings (SSSR count). The minimum atomic E-state index is -1.26. The molecule has 0 aliphatic rings. The minimum absolute atomic E-state index is 0.0637. The highest BCUT2D eigenvalue weighted by molar-refractivity contribution is 7.98. The number of carbonyl (C=O) groups is 2. The Balaban J connectivity index is 2.23. The maximum atomic E-state index is 12.1. The van der Waals surface area contributed by atoms with Crippen LogP contribution in [0.4, 0.5) is 5.69 Å². The molecule has 21 heavy (non-hydrogen) atoms. The Kier molecular flexibility index (Phi) is 4.49. The van der Waals surface area contributed by atoms with Gasteiger partial charge in [-0.15, -0.1) is 11.8 Å². The van der Waals surface area contributed by atoms with Gasteiger partial charge in [-0.3, -0.25) is 4.79 Å². The second-order valence-electron chi connectivity index (χ2n) is 4.19. The highest BCUT2D eigenvalue weighted by Crippen LogP contribution is 2.28. The molecule has 0 spiro atoms. The van der Waals surface area contributed by atoms with E-state index in [1.807, 2.05) is 18.4 Å². The van der Waals surface area contributed by atoms with E-state index in [-0.39, 0.29) is 11.3 Å². The first-order chi connectivity index (χ1) is 10.0. The van der Waals surface area contributed by atoms with Gasteiger partial charge in [-0.25, -0.2) is 4.79 Å². The topological polar surface area (TPSA) is 86.6 Å².